The van der Waals surface area contributed by atoms with Gasteiger partial charge in [-0.15, -0.1) is 0 Å². The highest BCUT2D eigenvalue weighted by Gasteiger charge is 2.49. The van der Waals surface area contributed by atoms with Crippen LogP contribution in [0.5, 0.6) is 0 Å². The Kier molecular flexibility index (Phi) is 17.0. The summed E-state index contributed by atoms with van der Waals surface area (Å²) >= 11 is 0. The number of hydrogen-bond donors (Lipinski definition) is 0. The normalized spacial score (nSPS) is 22.1. The number of rotatable bonds is 22. The Morgan fingerprint density at radius 1 is 0.571 bits per heavy atom. The van der Waals surface area contributed by atoms with Crippen LogP contribution in [0.15, 0.2) is 24.3 Å². The van der Waals surface area contributed by atoms with Crippen molar-refractivity contribution in [2.45, 2.75) is 160 Å². The Bertz CT molecular complexity index is 510. The van der Waals surface area contributed by atoms with Crippen LogP contribution in [0.1, 0.15) is 142 Å². The summed E-state index contributed by atoms with van der Waals surface area (Å²) in [6, 6.07) is 0. The molecule has 0 aromatic heterocycles. The molecule has 2 rings (SSSR count). The van der Waals surface area contributed by atoms with Crippen molar-refractivity contribution < 1.29 is 9.47 Å². The van der Waals surface area contributed by atoms with E-state index < -0.39 is 0 Å². The molecule has 0 bridgehead atoms. The quantitative estimate of drug-likeness (QED) is 0.112. The molecule has 0 spiro atoms. The zero-order chi connectivity index (χ0) is 25.0. The summed E-state index contributed by atoms with van der Waals surface area (Å²) in [5.74, 6) is -0.287. The van der Waals surface area contributed by atoms with E-state index >= 15 is 0 Å². The van der Waals surface area contributed by atoms with Crippen molar-refractivity contribution in [3.05, 3.63) is 24.3 Å². The van der Waals surface area contributed by atoms with E-state index in [4.69, 9.17) is 9.47 Å². The van der Waals surface area contributed by atoms with E-state index in [9.17, 15) is 0 Å². The molecule has 0 aromatic rings. The molecule has 2 heterocycles. The minimum atomic E-state index is -0.287. The highest BCUT2D eigenvalue weighted by atomic mass is 16.8. The summed E-state index contributed by atoms with van der Waals surface area (Å²) in [7, 11) is 2.19. The van der Waals surface area contributed by atoms with Crippen LogP contribution in [0.3, 0.4) is 0 Å². The minimum Gasteiger partial charge on any atom is -0.343 e. The molecular formula is C32H59NO2. The molecule has 0 amide bonds. The van der Waals surface area contributed by atoms with Gasteiger partial charge in [-0.25, -0.2) is 0 Å². The van der Waals surface area contributed by atoms with Gasteiger partial charge in [0.1, 0.15) is 12.2 Å². The van der Waals surface area contributed by atoms with Gasteiger partial charge < -0.3 is 14.4 Å². The molecule has 3 heteroatoms. The fourth-order valence-corrected chi connectivity index (χ4v) is 5.62. The molecule has 0 aromatic carbocycles. The van der Waals surface area contributed by atoms with Crippen LogP contribution < -0.4 is 0 Å². The summed E-state index contributed by atoms with van der Waals surface area (Å²) in [5, 5.41) is 0. The maximum absolute atomic E-state index is 6.65. The van der Waals surface area contributed by atoms with Crippen molar-refractivity contribution in [1.82, 2.24) is 4.90 Å². The van der Waals surface area contributed by atoms with Crippen LogP contribution in [-0.4, -0.2) is 43.0 Å². The van der Waals surface area contributed by atoms with E-state index in [1.54, 1.807) is 0 Å². The third-order valence-electron chi connectivity index (χ3n) is 7.73. The molecule has 0 saturated carbocycles. The number of unbranched alkanes of at least 4 members (excludes halogenated alkanes) is 14. The van der Waals surface area contributed by atoms with Crippen molar-refractivity contribution in [3.63, 3.8) is 0 Å². The molecular weight excluding hydrogens is 430 g/mol. The second-order valence-corrected chi connectivity index (χ2v) is 11.3. The zero-order valence-electron chi connectivity index (χ0n) is 23.8. The molecule has 0 N–H and O–H groups in total. The molecule has 3 nitrogen and oxygen atoms in total. The van der Waals surface area contributed by atoms with Gasteiger partial charge in [-0.3, -0.25) is 0 Å². The van der Waals surface area contributed by atoms with Crippen molar-refractivity contribution in [2.75, 3.05) is 20.1 Å². The first kappa shape index (κ1) is 30.6. The third kappa shape index (κ3) is 13.5. The lowest BCUT2D eigenvalue weighted by Gasteiger charge is -2.30. The maximum atomic E-state index is 6.65. The van der Waals surface area contributed by atoms with E-state index in [2.05, 4.69) is 50.1 Å². The fourth-order valence-electron chi connectivity index (χ4n) is 5.62. The zero-order valence-corrected chi connectivity index (χ0v) is 23.8. The van der Waals surface area contributed by atoms with Gasteiger partial charge in [-0.05, 0) is 58.4 Å². The van der Waals surface area contributed by atoms with E-state index in [1.807, 2.05) is 0 Å². The number of allylic oxidation sites excluding steroid dienone is 4. The first-order chi connectivity index (χ1) is 17.2. The van der Waals surface area contributed by atoms with Crippen molar-refractivity contribution in [1.29, 1.82) is 0 Å². The average Bonchev–Trinajstić information content (AvgIpc) is 3.35. The molecule has 204 valence electrons. The van der Waals surface area contributed by atoms with Gasteiger partial charge in [0.2, 0.25) is 0 Å². The third-order valence-corrected chi connectivity index (χ3v) is 7.73. The standard InChI is InChI=1S/C32H59NO2/c1-4-6-8-10-12-14-16-18-20-22-24-26-32(34-30-28-33(3)29-31(30)35-32)27-25-23-21-19-17-15-13-11-9-7-5-2/h8-11,30-31H,4-7,12-29H2,1-3H3/b10-8-,11-9-/t30-,31+. The first-order valence-corrected chi connectivity index (χ1v) is 15.5. The minimum absolute atomic E-state index is 0.287. The van der Waals surface area contributed by atoms with Gasteiger partial charge in [0, 0.05) is 25.9 Å². The largest absolute Gasteiger partial charge is 0.343 e. The SMILES string of the molecule is CCC/C=C\CCCCCCCCC1(CCCCCCCC/C=C\CCC)O[C@H]2CN(C)C[C@H]2O1. The van der Waals surface area contributed by atoms with Gasteiger partial charge in [-0.2, -0.15) is 0 Å². The Hall–Kier alpha value is -0.640. The predicted molar refractivity (Wildman–Crippen MR) is 152 cm³/mol. The van der Waals surface area contributed by atoms with Crippen LogP contribution in [0, 0.1) is 0 Å². The number of likely N-dealkylation sites (tertiary alicyclic amines) is 1. The number of nitrogens with zero attached hydrogens (tertiary/aromatic N) is 1. The number of likely N-dealkylation sites (N-methyl/N-ethyl adjacent to an activating group) is 1. The maximum Gasteiger partial charge on any atom is 0.169 e. The van der Waals surface area contributed by atoms with Crippen LogP contribution in [0.4, 0.5) is 0 Å². The second-order valence-electron chi connectivity index (χ2n) is 11.3. The predicted octanol–water partition coefficient (Wildman–Crippen LogP) is 9.37. The molecule has 0 aliphatic carbocycles. The molecule has 35 heavy (non-hydrogen) atoms. The smallest absolute Gasteiger partial charge is 0.169 e. The molecule has 0 unspecified atom stereocenters. The molecule has 0 radical (unpaired) electrons. The van der Waals surface area contributed by atoms with Crippen molar-refractivity contribution in [3.8, 4) is 0 Å². The van der Waals surface area contributed by atoms with Gasteiger partial charge in [0.15, 0.2) is 5.79 Å². The Labute approximate surface area is 219 Å². The Morgan fingerprint density at radius 3 is 1.37 bits per heavy atom. The van der Waals surface area contributed by atoms with Crippen LogP contribution >= 0.6 is 0 Å². The van der Waals surface area contributed by atoms with Gasteiger partial charge in [0.25, 0.3) is 0 Å². The van der Waals surface area contributed by atoms with Crippen molar-refractivity contribution >= 4 is 0 Å². The lowest BCUT2D eigenvalue weighted by molar-refractivity contribution is -0.193. The second kappa shape index (κ2) is 19.5. The molecule has 2 fully saturated rings. The molecule has 2 saturated heterocycles. The Morgan fingerprint density at radius 2 is 0.943 bits per heavy atom. The summed E-state index contributed by atoms with van der Waals surface area (Å²) < 4.78 is 13.3. The molecule has 2 aliphatic rings. The van der Waals surface area contributed by atoms with Crippen LogP contribution in [0.25, 0.3) is 0 Å². The van der Waals surface area contributed by atoms with Crippen molar-refractivity contribution in [2.24, 2.45) is 0 Å². The number of hydrogen-bond acceptors (Lipinski definition) is 3. The first-order valence-electron chi connectivity index (χ1n) is 15.5. The Balaban J connectivity index is 1.57. The van der Waals surface area contributed by atoms with Crippen LogP contribution in [0.2, 0.25) is 0 Å². The van der Waals surface area contributed by atoms with E-state index in [0.29, 0.717) is 12.2 Å². The monoisotopic (exact) mass is 489 g/mol. The fraction of sp³-hybridized carbons (Fsp3) is 0.875. The summed E-state index contributed by atoms with van der Waals surface area (Å²) in [4.78, 5) is 2.36. The highest BCUT2D eigenvalue weighted by Crippen LogP contribution is 2.40. The van der Waals surface area contributed by atoms with Gasteiger partial charge >= 0.3 is 0 Å². The number of ether oxygens (including phenoxy) is 2. The van der Waals surface area contributed by atoms with E-state index in [-0.39, 0.29) is 5.79 Å². The average molecular weight is 490 g/mol. The summed E-state index contributed by atoms with van der Waals surface area (Å²) in [5.41, 5.74) is 0. The topological polar surface area (TPSA) is 21.7 Å². The lowest BCUT2D eigenvalue weighted by Crippen LogP contribution is -2.34. The molecule has 2 atom stereocenters. The number of fused-ring (bicyclic) bond motifs is 1. The van der Waals surface area contributed by atoms with Gasteiger partial charge in [0.05, 0.1) is 0 Å². The molecule has 2 aliphatic heterocycles. The summed E-state index contributed by atoms with van der Waals surface area (Å²) in [6.45, 7) is 6.56. The van der Waals surface area contributed by atoms with Crippen LogP contribution in [-0.2, 0) is 9.47 Å². The van der Waals surface area contributed by atoms with E-state index in [0.717, 1.165) is 25.9 Å². The van der Waals surface area contributed by atoms with E-state index in [1.165, 1.54) is 116 Å². The lowest BCUT2D eigenvalue weighted by atomic mass is 9.98. The highest BCUT2D eigenvalue weighted by molar-refractivity contribution is 4.93. The summed E-state index contributed by atoms with van der Waals surface area (Å²) in [6.07, 6.45) is 35.8. The van der Waals surface area contributed by atoms with Gasteiger partial charge in [-0.1, -0.05) is 102 Å².